The topological polar surface area (TPSA) is 93.5 Å². The highest BCUT2D eigenvalue weighted by Gasteiger charge is 2.31. The van der Waals surface area contributed by atoms with Gasteiger partial charge in [-0.3, -0.25) is 4.79 Å². The minimum atomic E-state index is -4.51. The highest BCUT2D eigenvalue weighted by molar-refractivity contribution is 5.97. The van der Waals surface area contributed by atoms with Crippen LogP contribution < -0.4 is 5.32 Å². The molecule has 0 aliphatic rings. The largest absolute Gasteiger partial charge is 0.480 e. The van der Waals surface area contributed by atoms with Gasteiger partial charge in [0.15, 0.2) is 6.04 Å². The van der Waals surface area contributed by atoms with Crippen LogP contribution in [0.3, 0.4) is 0 Å². The summed E-state index contributed by atoms with van der Waals surface area (Å²) in [4.78, 5) is 23.3. The lowest BCUT2D eigenvalue weighted by atomic mass is 10.2. The molecule has 1 aromatic carbocycles. The second-order valence-electron chi connectivity index (χ2n) is 5.42. The quantitative estimate of drug-likeness (QED) is 0.811. The van der Waals surface area contributed by atoms with E-state index in [1.807, 2.05) is 0 Å². The summed E-state index contributed by atoms with van der Waals surface area (Å²) in [6.07, 6.45) is -3.34. The first-order valence-electron chi connectivity index (χ1n) is 7.40. The van der Waals surface area contributed by atoms with E-state index in [0.717, 1.165) is 18.3 Å². The maximum atomic E-state index is 12.8. The molecule has 0 fully saturated rings. The van der Waals surface area contributed by atoms with Crippen LogP contribution >= 0.6 is 0 Å². The predicted molar refractivity (Wildman–Crippen MR) is 84.1 cm³/mol. The summed E-state index contributed by atoms with van der Waals surface area (Å²) in [5, 5.41) is 15.3. The van der Waals surface area contributed by atoms with Gasteiger partial charge >= 0.3 is 12.1 Å². The van der Waals surface area contributed by atoms with Crippen molar-refractivity contribution in [2.75, 3.05) is 13.7 Å². The lowest BCUT2D eigenvalue weighted by Crippen LogP contribution is -2.43. The summed E-state index contributed by atoms with van der Waals surface area (Å²) >= 11 is 0. The third kappa shape index (κ3) is 4.20. The molecule has 2 N–H and O–H groups in total. The molecule has 1 heterocycles. The van der Waals surface area contributed by atoms with Crippen molar-refractivity contribution in [1.29, 1.82) is 0 Å². The standard InChI is InChI=1S/C16H16F3N3O4/c1-9-12(14(23)21-13(8-26-2)15(24)25)7-20-22(9)11-5-3-4-10(6-11)16(17,18)19/h3-7,13H,8H2,1-2H3,(H,21,23)(H,24,25). The molecule has 2 rings (SSSR count). The Kier molecular flexibility index (Phi) is 5.66. The fourth-order valence-electron chi connectivity index (χ4n) is 2.28. The van der Waals surface area contributed by atoms with E-state index < -0.39 is 29.7 Å². The molecule has 26 heavy (non-hydrogen) atoms. The molecule has 1 unspecified atom stereocenters. The summed E-state index contributed by atoms with van der Waals surface area (Å²) in [7, 11) is 1.29. The molecule has 0 radical (unpaired) electrons. The Bertz CT molecular complexity index is 817. The highest BCUT2D eigenvalue weighted by Crippen LogP contribution is 2.30. The molecule has 0 saturated carbocycles. The third-order valence-electron chi connectivity index (χ3n) is 3.61. The summed E-state index contributed by atoms with van der Waals surface area (Å²) in [6.45, 7) is 1.26. The van der Waals surface area contributed by atoms with Crippen LogP contribution in [0.15, 0.2) is 30.5 Å². The molecule has 2 aromatic rings. The van der Waals surface area contributed by atoms with Crippen LogP contribution in [-0.2, 0) is 15.7 Å². The van der Waals surface area contributed by atoms with Gasteiger partial charge in [0.2, 0.25) is 0 Å². The van der Waals surface area contributed by atoms with E-state index in [2.05, 4.69) is 10.4 Å². The lowest BCUT2D eigenvalue weighted by molar-refractivity contribution is -0.140. The first kappa shape index (κ1) is 19.4. The number of carbonyl (C=O) groups is 2. The Morgan fingerprint density at radius 3 is 2.65 bits per heavy atom. The van der Waals surface area contributed by atoms with Crippen LogP contribution in [0, 0.1) is 6.92 Å². The third-order valence-corrected chi connectivity index (χ3v) is 3.61. The molecular formula is C16H16F3N3O4. The number of nitrogens with one attached hydrogen (secondary N) is 1. The molecule has 0 aliphatic heterocycles. The van der Waals surface area contributed by atoms with Crippen molar-refractivity contribution in [3.8, 4) is 5.69 Å². The van der Waals surface area contributed by atoms with E-state index in [-0.39, 0.29) is 23.6 Å². The maximum Gasteiger partial charge on any atom is 0.416 e. The van der Waals surface area contributed by atoms with Gasteiger partial charge in [0.25, 0.3) is 5.91 Å². The van der Waals surface area contributed by atoms with Crippen molar-refractivity contribution < 1.29 is 32.6 Å². The molecule has 1 amide bonds. The SMILES string of the molecule is COCC(NC(=O)c1cnn(-c2cccc(C(F)(F)F)c2)c1C)C(=O)O. The monoisotopic (exact) mass is 371 g/mol. The van der Waals surface area contributed by atoms with Crippen molar-refractivity contribution in [3.63, 3.8) is 0 Å². The minimum Gasteiger partial charge on any atom is -0.480 e. The molecular weight excluding hydrogens is 355 g/mol. The molecule has 1 atom stereocenters. The summed E-state index contributed by atoms with van der Waals surface area (Å²) in [5.41, 5.74) is -0.405. The normalized spacial score (nSPS) is 12.7. The average Bonchev–Trinajstić information content (AvgIpc) is 2.95. The maximum absolute atomic E-state index is 12.8. The summed E-state index contributed by atoms with van der Waals surface area (Å²) in [6, 6.07) is 3.23. The molecule has 0 bridgehead atoms. The van der Waals surface area contributed by atoms with Crippen LogP contribution in [0.25, 0.3) is 5.69 Å². The predicted octanol–water partition coefficient (Wildman–Crippen LogP) is 2.03. The number of aliphatic carboxylic acids is 1. The smallest absolute Gasteiger partial charge is 0.416 e. The molecule has 10 heteroatoms. The van der Waals surface area contributed by atoms with E-state index in [9.17, 15) is 22.8 Å². The summed E-state index contributed by atoms with van der Waals surface area (Å²) < 4.78 is 44.4. The van der Waals surface area contributed by atoms with Gasteiger partial charge in [-0.15, -0.1) is 0 Å². The second kappa shape index (κ2) is 7.56. The van der Waals surface area contributed by atoms with E-state index in [1.165, 1.54) is 30.8 Å². The average molecular weight is 371 g/mol. The number of nitrogens with zero attached hydrogens (tertiary/aromatic N) is 2. The number of ether oxygens (including phenoxy) is 1. The lowest BCUT2D eigenvalue weighted by Gasteiger charge is -2.13. The zero-order valence-corrected chi connectivity index (χ0v) is 13.9. The molecule has 1 aromatic heterocycles. The Morgan fingerprint density at radius 1 is 1.38 bits per heavy atom. The molecule has 140 valence electrons. The van der Waals surface area contributed by atoms with Gasteiger partial charge in [-0.1, -0.05) is 6.07 Å². The molecule has 7 nitrogen and oxygen atoms in total. The van der Waals surface area contributed by atoms with Gasteiger partial charge in [0.05, 0.1) is 35.3 Å². The Labute approximate surface area is 146 Å². The van der Waals surface area contributed by atoms with Gasteiger partial charge < -0.3 is 15.2 Å². The van der Waals surface area contributed by atoms with Crippen LogP contribution in [-0.4, -0.2) is 46.5 Å². The number of methoxy groups -OCH3 is 1. The van der Waals surface area contributed by atoms with Crippen LogP contribution in [0.5, 0.6) is 0 Å². The van der Waals surface area contributed by atoms with E-state index in [0.29, 0.717) is 0 Å². The number of aromatic nitrogens is 2. The van der Waals surface area contributed by atoms with Crippen molar-refractivity contribution in [2.45, 2.75) is 19.1 Å². The number of halogens is 3. The Hall–Kier alpha value is -2.88. The zero-order chi connectivity index (χ0) is 19.5. The van der Waals surface area contributed by atoms with Gasteiger partial charge in [0.1, 0.15) is 0 Å². The van der Waals surface area contributed by atoms with Gasteiger partial charge in [0, 0.05) is 7.11 Å². The first-order chi connectivity index (χ1) is 12.1. The second-order valence-corrected chi connectivity index (χ2v) is 5.42. The number of carboxylic acids is 1. The molecule has 0 spiro atoms. The van der Waals surface area contributed by atoms with Crippen molar-refractivity contribution in [1.82, 2.24) is 15.1 Å². The van der Waals surface area contributed by atoms with Gasteiger partial charge in [-0.2, -0.15) is 18.3 Å². The molecule has 0 saturated heterocycles. The number of hydrogen-bond donors (Lipinski definition) is 2. The van der Waals surface area contributed by atoms with Gasteiger partial charge in [-0.05, 0) is 25.1 Å². The highest BCUT2D eigenvalue weighted by atomic mass is 19.4. The van der Waals surface area contributed by atoms with Crippen molar-refractivity contribution in [2.24, 2.45) is 0 Å². The first-order valence-corrected chi connectivity index (χ1v) is 7.40. The molecule has 0 aliphatic carbocycles. The summed E-state index contributed by atoms with van der Waals surface area (Å²) in [5.74, 6) is -1.99. The number of carboxylic acid groups (broad SMARTS) is 1. The minimum absolute atomic E-state index is 0.0461. The fraction of sp³-hybridized carbons (Fsp3) is 0.312. The van der Waals surface area contributed by atoms with Crippen LogP contribution in [0.4, 0.5) is 13.2 Å². The number of hydrogen-bond acceptors (Lipinski definition) is 4. The van der Waals surface area contributed by atoms with Crippen LogP contribution in [0.1, 0.15) is 21.6 Å². The van der Waals surface area contributed by atoms with Crippen LogP contribution in [0.2, 0.25) is 0 Å². The van der Waals surface area contributed by atoms with Crippen molar-refractivity contribution >= 4 is 11.9 Å². The number of alkyl halides is 3. The zero-order valence-electron chi connectivity index (χ0n) is 13.9. The number of benzene rings is 1. The fourth-order valence-corrected chi connectivity index (χ4v) is 2.28. The Balaban J connectivity index is 2.30. The van der Waals surface area contributed by atoms with E-state index >= 15 is 0 Å². The number of amides is 1. The number of rotatable bonds is 6. The Morgan fingerprint density at radius 2 is 2.08 bits per heavy atom. The number of carbonyl (C=O) groups excluding carboxylic acids is 1. The van der Waals surface area contributed by atoms with E-state index in [1.54, 1.807) is 0 Å². The van der Waals surface area contributed by atoms with E-state index in [4.69, 9.17) is 9.84 Å². The van der Waals surface area contributed by atoms with Crippen molar-refractivity contribution in [3.05, 3.63) is 47.3 Å². The van der Waals surface area contributed by atoms with Gasteiger partial charge in [-0.25, -0.2) is 9.48 Å².